The second kappa shape index (κ2) is 9.14. The van der Waals surface area contributed by atoms with E-state index >= 15 is 0 Å². The maximum absolute atomic E-state index is 12.9. The molecule has 0 saturated carbocycles. The summed E-state index contributed by atoms with van der Waals surface area (Å²) in [7, 11) is 0. The molecule has 8 heteroatoms. The molecule has 156 valence electrons. The van der Waals surface area contributed by atoms with Crippen LogP contribution in [0.2, 0.25) is 10.0 Å². The molecule has 1 N–H and O–H groups in total. The number of benzene rings is 3. The fourth-order valence-electron chi connectivity index (χ4n) is 3.06. The van der Waals surface area contributed by atoms with Crippen LogP contribution in [-0.4, -0.2) is 11.8 Å². The molecule has 4 rings (SSSR count). The van der Waals surface area contributed by atoms with Gasteiger partial charge in [-0.3, -0.25) is 15.0 Å². The van der Waals surface area contributed by atoms with Crippen molar-refractivity contribution in [3.8, 4) is 5.75 Å². The maximum atomic E-state index is 12.9. The summed E-state index contributed by atoms with van der Waals surface area (Å²) < 4.78 is 6.71. The summed E-state index contributed by atoms with van der Waals surface area (Å²) in [5, 5.41) is 2.21. The van der Waals surface area contributed by atoms with Crippen LogP contribution in [0.3, 0.4) is 0 Å². The van der Waals surface area contributed by atoms with E-state index in [1.807, 2.05) is 6.07 Å². The smallest absolute Gasteiger partial charge is 0.282 e. The fourth-order valence-corrected chi connectivity index (χ4v) is 3.94. The zero-order valence-corrected chi connectivity index (χ0v) is 19.0. The monoisotopic (exact) mass is 516 g/mol. The van der Waals surface area contributed by atoms with Crippen molar-refractivity contribution >= 4 is 62.7 Å². The normalized spacial score (nSPS) is 14.8. The number of nitrogens with zero attached hydrogens (tertiary/aromatic N) is 1. The Balaban J connectivity index is 1.64. The number of rotatable bonds is 5. The van der Waals surface area contributed by atoms with Gasteiger partial charge >= 0.3 is 0 Å². The molecule has 1 aliphatic heterocycles. The van der Waals surface area contributed by atoms with E-state index in [1.54, 1.807) is 60.7 Å². The molecule has 0 bridgehead atoms. The zero-order valence-electron chi connectivity index (χ0n) is 15.9. The number of halogens is 3. The van der Waals surface area contributed by atoms with Crippen LogP contribution in [0.5, 0.6) is 5.75 Å². The van der Waals surface area contributed by atoms with Crippen molar-refractivity contribution in [2.24, 2.45) is 0 Å². The minimum absolute atomic E-state index is 0.00239. The molecule has 1 saturated heterocycles. The molecule has 0 radical (unpaired) electrons. The van der Waals surface area contributed by atoms with Crippen molar-refractivity contribution in [2.75, 3.05) is 5.01 Å². The minimum Gasteiger partial charge on any atom is -0.488 e. The van der Waals surface area contributed by atoms with E-state index in [0.29, 0.717) is 32.6 Å². The number of carbonyl (C=O) groups excluding carboxylic acids is 2. The van der Waals surface area contributed by atoms with Crippen LogP contribution >= 0.6 is 39.1 Å². The standard InChI is InChI=1S/C23H15BrCl2N2O3/c24-15-9-10-21(31-13-18-19(25)7-4-8-20(18)26)14(11-15)12-17-22(29)27-28(23(17)30)16-5-2-1-3-6-16/h1-12H,13H2,(H,27,29). The third kappa shape index (κ3) is 4.61. The van der Waals surface area contributed by atoms with Gasteiger partial charge in [0.25, 0.3) is 11.8 Å². The van der Waals surface area contributed by atoms with E-state index in [1.165, 1.54) is 11.1 Å². The van der Waals surface area contributed by atoms with Crippen molar-refractivity contribution in [3.63, 3.8) is 0 Å². The van der Waals surface area contributed by atoms with E-state index in [9.17, 15) is 9.59 Å². The molecule has 1 aliphatic rings. The molecule has 0 aromatic heterocycles. The molecular formula is C23H15BrCl2N2O3. The van der Waals surface area contributed by atoms with Gasteiger partial charge in [0, 0.05) is 25.6 Å². The number of ether oxygens (including phenoxy) is 1. The van der Waals surface area contributed by atoms with Crippen LogP contribution in [0.15, 0.2) is 76.8 Å². The lowest BCUT2D eigenvalue weighted by Crippen LogP contribution is -2.35. The maximum Gasteiger partial charge on any atom is 0.282 e. The topological polar surface area (TPSA) is 58.6 Å². The molecule has 31 heavy (non-hydrogen) atoms. The highest BCUT2D eigenvalue weighted by Crippen LogP contribution is 2.31. The first-order chi connectivity index (χ1) is 14.9. The number of para-hydroxylation sites is 1. The van der Waals surface area contributed by atoms with Crippen LogP contribution in [0.1, 0.15) is 11.1 Å². The van der Waals surface area contributed by atoms with E-state index in [4.69, 9.17) is 27.9 Å². The third-order valence-electron chi connectivity index (χ3n) is 4.61. The summed E-state index contributed by atoms with van der Waals surface area (Å²) in [6.45, 7) is 0.132. The highest BCUT2D eigenvalue weighted by molar-refractivity contribution is 9.10. The largest absolute Gasteiger partial charge is 0.488 e. The number of hydrazine groups is 1. The number of anilines is 1. The molecule has 1 heterocycles. The molecule has 3 aromatic rings. The fraction of sp³-hybridized carbons (Fsp3) is 0.0435. The van der Waals surface area contributed by atoms with Crippen molar-refractivity contribution in [3.05, 3.63) is 97.9 Å². The van der Waals surface area contributed by atoms with Crippen molar-refractivity contribution in [2.45, 2.75) is 6.61 Å². The van der Waals surface area contributed by atoms with Gasteiger partial charge in [-0.2, -0.15) is 0 Å². The molecular weight excluding hydrogens is 503 g/mol. The first-order valence-corrected chi connectivity index (χ1v) is 10.8. The van der Waals surface area contributed by atoms with Gasteiger partial charge in [0.05, 0.1) is 5.69 Å². The van der Waals surface area contributed by atoms with E-state index < -0.39 is 11.8 Å². The van der Waals surface area contributed by atoms with Gasteiger partial charge in [0.1, 0.15) is 17.9 Å². The van der Waals surface area contributed by atoms with Crippen LogP contribution in [-0.2, 0) is 16.2 Å². The summed E-state index contributed by atoms with van der Waals surface area (Å²) >= 11 is 15.9. The molecule has 0 unspecified atom stereocenters. The Labute approximate surface area is 197 Å². The van der Waals surface area contributed by atoms with E-state index in [-0.39, 0.29) is 12.2 Å². The lowest BCUT2D eigenvalue weighted by atomic mass is 10.1. The predicted octanol–water partition coefficient (Wildman–Crippen LogP) is 5.80. The van der Waals surface area contributed by atoms with E-state index in [2.05, 4.69) is 21.4 Å². The van der Waals surface area contributed by atoms with Crippen LogP contribution in [0.25, 0.3) is 6.08 Å². The lowest BCUT2D eigenvalue weighted by Gasteiger charge is -2.14. The molecule has 0 aliphatic carbocycles. The molecule has 5 nitrogen and oxygen atoms in total. The van der Waals surface area contributed by atoms with Gasteiger partial charge in [-0.05, 0) is 48.5 Å². The first kappa shape index (κ1) is 21.4. The summed E-state index contributed by atoms with van der Waals surface area (Å²) in [6.07, 6.45) is 1.51. The zero-order chi connectivity index (χ0) is 22.0. The SMILES string of the molecule is O=C1NN(c2ccccc2)C(=O)C1=Cc1cc(Br)ccc1OCc1c(Cl)cccc1Cl. The Bertz CT molecular complexity index is 1180. The lowest BCUT2D eigenvalue weighted by molar-refractivity contribution is -0.117. The van der Waals surface area contributed by atoms with Gasteiger partial charge in [-0.25, -0.2) is 5.01 Å². The van der Waals surface area contributed by atoms with Crippen molar-refractivity contribution < 1.29 is 14.3 Å². The second-order valence-corrected chi connectivity index (χ2v) is 8.38. The van der Waals surface area contributed by atoms with E-state index in [0.717, 1.165) is 4.47 Å². The second-order valence-electron chi connectivity index (χ2n) is 6.65. The van der Waals surface area contributed by atoms with Crippen LogP contribution < -0.4 is 15.2 Å². The Morgan fingerprint density at radius 2 is 1.68 bits per heavy atom. The summed E-state index contributed by atoms with van der Waals surface area (Å²) in [4.78, 5) is 25.4. The number of amides is 2. The average molecular weight is 518 g/mol. The molecule has 3 aromatic carbocycles. The highest BCUT2D eigenvalue weighted by Gasteiger charge is 2.34. The Kier molecular flexibility index (Phi) is 6.32. The molecule has 1 fully saturated rings. The van der Waals surface area contributed by atoms with Gasteiger partial charge in [0.15, 0.2) is 0 Å². The molecule has 0 spiro atoms. The van der Waals surface area contributed by atoms with Crippen LogP contribution in [0.4, 0.5) is 5.69 Å². The molecule has 0 atom stereocenters. The Morgan fingerprint density at radius 3 is 2.39 bits per heavy atom. The van der Waals surface area contributed by atoms with Gasteiger partial charge < -0.3 is 4.74 Å². The Hall–Kier alpha value is -2.80. The number of hydrogen-bond acceptors (Lipinski definition) is 3. The highest BCUT2D eigenvalue weighted by atomic mass is 79.9. The quantitative estimate of drug-likeness (QED) is 0.344. The van der Waals surface area contributed by atoms with Crippen LogP contribution in [0, 0.1) is 0 Å². The number of nitrogens with one attached hydrogen (secondary N) is 1. The van der Waals surface area contributed by atoms with Gasteiger partial charge in [-0.1, -0.05) is 63.4 Å². The average Bonchev–Trinajstić information content (AvgIpc) is 3.03. The van der Waals surface area contributed by atoms with Crippen molar-refractivity contribution in [1.82, 2.24) is 5.43 Å². The number of hydrogen-bond donors (Lipinski definition) is 1. The van der Waals surface area contributed by atoms with Crippen molar-refractivity contribution in [1.29, 1.82) is 0 Å². The Morgan fingerprint density at radius 1 is 0.968 bits per heavy atom. The molecule has 2 amide bonds. The first-order valence-electron chi connectivity index (χ1n) is 9.21. The summed E-state index contributed by atoms with van der Waals surface area (Å²) in [5.74, 6) is -0.462. The predicted molar refractivity (Wildman–Crippen MR) is 125 cm³/mol. The number of carbonyl (C=O) groups is 2. The minimum atomic E-state index is -0.492. The summed E-state index contributed by atoms with van der Waals surface area (Å²) in [5.41, 5.74) is 4.37. The van der Waals surface area contributed by atoms with Gasteiger partial charge in [-0.15, -0.1) is 0 Å². The summed E-state index contributed by atoms with van der Waals surface area (Å²) in [6, 6.07) is 19.4. The van der Waals surface area contributed by atoms with Gasteiger partial charge in [0.2, 0.25) is 0 Å². The third-order valence-corrected chi connectivity index (χ3v) is 5.81.